The molecule has 0 aliphatic heterocycles. The van der Waals surface area contributed by atoms with Crippen LogP contribution in [0.3, 0.4) is 0 Å². The predicted octanol–water partition coefficient (Wildman–Crippen LogP) is 2.22. The van der Waals surface area contributed by atoms with Gasteiger partial charge in [0.25, 0.3) is 0 Å². The van der Waals surface area contributed by atoms with Gasteiger partial charge in [-0.2, -0.15) is 0 Å². The Balaban J connectivity index is 0.00000169. The maximum absolute atomic E-state index is 4.48. The molecule has 0 bridgehead atoms. The molecule has 0 radical (unpaired) electrons. The van der Waals surface area contributed by atoms with E-state index in [1.807, 2.05) is 6.92 Å². The van der Waals surface area contributed by atoms with Gasteiger partial charge in [0.2, 0.25) is 0 Å². The number of aryl methyl sites for hydroxylation is 2. The molecule has 1 aromatic rings. The maximum atomic E-state index is 4.48. The topological polar surface area (TPSA) is 16.1 Å². The number of hydrogen-bond acceptors (Lipinski definition) is 2. The van der Waals surface area contributed by atoms with Crippen molar-refractivity contribution in [3.8, 4) is 0 Å². The predicted molar refractivity (Wildman–Crippen MR) is 63.2 cm³/mol. The highest BCUT2D eigenvalue weighted by molar-refractivity contribution is 5.85. The van der Waals surface area contributed by atoms with Crippen LogP contribution in [0.5, 0.6) is 0 Å². The first-order chi connectivity index (χ1) is 6.08. The number of nitrogens with zero attached hydrogens (tertiary/aromatic N) is 2. The van der Waals surface area contributed by atoms with E-state index < -0.39 is 0 Å². The first-order valence-corrected chi connectivity index (χ1v) is 4.67. The van der Waals surface area contributed by atoms with Crippen LogP contribution in [-0.4, -0.2) is 30.5 Å². The highest BCUT2D eigenvalue weighted by atomic mass is 35.5. The Hall–Kier alpha value is -0.600. The summed E-state index contributed by atoms with van der Waals surface area (Å²) in [6.45, 7) is 5.23. The molecule has 0 saturated heterocycles. The number of halogens is 1. The molecule has 0 N–H and O–H groups in total. The van der Waals surface area contributed by atoms with Crippen LogP contribution in [0, 0.1) is 13.8 Å². The smallest absolute Gasteiger partial charge is 0.0422 e. The quantitative estimate of drug-likeness (QED) is 0.767. The summed E-state index contributed by atoms with van der Waals surface area (Å²) in [6, 6.07) is 4.27. The molecule has 3 heteroatoms. The van der Waals surface area contributed by atoms with Crippen molar-refractivity contribution < 1.29 is 0 Å². The number of aromatic nitrogens is 1. The summed E-state index contributed by atoms with van der Waals surface area (Å²) < 4.78 is 0. The van der Waals surface area contributed by atoms with Gasteiger partial charge in [0.15, 0.2) is 0 Å². The van der Waals surface area contributed by atoms with Gasteiger partial charge in [-0.05, 0) is 45.6 Å². The first-order valence-electron chi connectivity index (χ1n) is 4.67. The fourth-order valence-electron chi connectivity index (χ4n) is 1.39. The maximum Gasteiger partial charge on any atom is 0.0422 e. The fraction of sp³-hybridized carbons (Fsp3) is 0.545. The van der Waals surface area contributed by atoms with Crippen LogP contribution in [0.25, 0.3) is 0 Å². The van der Waals surface area contributed by atoms with Crippen LogP contribution in [-0.2, 0) is 6.42 Å². The van der Waals surface area contributed by atoms with Crippen molar-refractivity contribution in [1.29, 1.82) is 0 Å². The van der Waals surface area contributed by atoms with E-state index in [0.717, 1.165) is 18.7 Å². The van der Waals surface area contributed by atoms with Gasteiger partial charge in [-0.15, -0.1) is 12.4 Å². The summed E-state index contributed by atoms with van der Waals surface area (Å²) in [5.41, 5.74) is 3.63. The molecule has 1 rings (SSSR count). The monoisotopic (exact) mass is 214 g/mol. The summed E-state index contributed by atoms with van der Waals surface area (Å²) in [5.74, 6) is 0. The van der Waals surface area contributed by atoms with Crippen molar-refractivity contribution in [3.05, 3.63) is 29.1 Å². The Labute approximate surface area is 92.8 Å². The van der Waals surface area contributed by atoms with Crippen LogP contribution in [0.2, 0.25) is 0 Å². The molecule has 2 nitrogen and oxygen atoms in total. The highest BCUT2D eigenvalue weighted by Gasteiger charge is 1.98. The van der Waals surface area contributed by atoms with Gasteiger partial charge >= 0.3 is 0 Å². The van der Waals surface area contributed by atoms with E-state index in [-0.39, 0.29) is 12.4 Å². The third kappa shape index (κ3) is 4.58. The molecule has 14 heavy (non-hydrogen) atoms. The largest absolute Gasteiger partial charge is 0.309 e. The zero-order chi connectivity index (χ0) is 9.84. The summed E-state index contributed by atoms with van der Waals surface area (Å²) in [6.07, 6.45) is 1.04. The number of rotatable bonds is 3. The Kier molecular flexibility index (Phi) is 5.73. The molecular weight excluding hydrogens is 196 g/mol. The van der Waals surface area contributed by atoms with E-state index in [9.17, 15) is 0 Å². The van der Waals surface area contributed by atoms with E-state index in [0.29, 0.717) is 0 Å². The molecule has 0 atom stereocenters. The molecule has 80 valence electrons. The lowest BCUT2D eigenvalue weighted by atomic mass is 10.2. The summed E-state index contributed by atoms with van der Waals surface area (Å²) in [4.78, 5) is 6.66. The van der Waals surface area contributed by atoms with Gasteiger partial charge in [0.05, 0.1) is 0 Å². The fourth-order valence-corrected chi connectivity index (χ4v) is 1.39. The highest BCUT2D eigenvalue weighted by Crippen LogP contribution is 2.04. The molecular formula is C11H19ClN2. The first kappa shape index (κ1) is 13.4. The minimum atomic E-state index is 0. The van der Waals surface area contributed by atoms with E-state index in [2.05, 4.69) is 43.0 Å². The van der Waals surface area contributed by atoms with Crippen molar-refractivity contribution in [1.82, 2.24) is 9.88 Å². The molecule has 0 fully saturated rings. The molecule has 0 aliphatic rings. The van der Waals surface area contributed by atoms with Crippen molar-refractivity contribution in [3.63, 3.8) is 0 Å². The number of pyridine rings is 1. The standard InChI is InChI=1S/C11H18N2.ClH/c1-9-7-10(2)12-11(8-9)5-6-13(3)4;/h7-8H,5-6H2,1-4H3;1H. The third-order valence-electron chi connectivity index (χ3n) is 1.97. The van der Waals surface area contributed by atoms with Gasteiger partial charge < -0.3 is 4.90 Å². The molecule has 0 aliphatic carbocycles. The zero-order valence-electron chi connectivity index (χ0n) is 9.37. The lowest BCUT2D eigenvalue weighted by Gasteiger charge is -2.09. The average molecular weight is 215 g/mol. The molecule has 0 unspecified atom stereocenters. The van der Waals surface area contributed by atoms with E-state index >= 15 is 0 Å². The van der Waals surface area contributed by atoms with E-state index in [4.69, 9.17) is 0 Å². The zero-order valence-corrected chi connectivity index (χ0v) is 10.2. The SMILES string of the molecule is Cc1cc(C)nc(CCN(C)C)c1.Cl. The van der Waals surface area contributed by atoms with Crippen molar-refractivity contribution in [2.75, 3.05) is 20.6 Å². The molecule has 0 aromatic carbocycles. The van der Waals surface area contributed by atoms with Gasteiger partial charge in [-0.3, -0.25) is 4.98 Å². The Bertz CT molecular complexity index is 264. The van der Waals surface area contributed by atoms with E-state index in [1.54, 1.807) is 0 Å². The lowest BCUT2D eigenvalue weighted by molar-refractivity contribution is 0.411. The Morgan fingerprint density at radius 2 is 1.86 bits per heavy atom. The van der Waals surface area contributed by atoms with Gasteiger partial charge in [0, 0.05) is 24.4 Å². The lowest BCUT2D eigenvalue weighted by Crippen LogP contribution is -2.15. The van der Waals surface area contributed by atoms with Crippen LogP contribution >= 0.6 is 12.4 Å². The molecule has 1 aromatic heterocycles. The minimum Gasteiger partial charge on any atom is -0.309 e. The minimum absolute atomic E-state index is 0. The van der Waals surface area contributed by atoms with Crippen LogP contribution < -0.4 is 0 Å². The average Bonchev–Trinajstić information content (AvgIpc) is 1.99. The summed E-state index contributed by atoms with van der Waals surface area (Å²) in [5, 5.41) is 0. The Morgan fingerprint density at radius 1 is 1.21 bits per heavy atom. The summed E-state index contributed by atoms with van der Waals surface area (Å²) in [7, 11) is 4.17. The van der Waals surface area contributed by atoms with Crippen LogP contribution in [0.1, 0.15) is 17.0 Å². The van der Waals surface area contributed by atoms with Gasteiger partial charge in [-0.1, -0.05) is 0 Å². The van der Waals surface area contributed by atoms with E-state index in [1.165, 1.54) is 11.3 Å². The Morgan fingerprint density at radius 3 is 2.36 bits per heavy atom. The molecule has 0 spiro atoms. The van der Waals surface area contributed by atoms with Crippen molar-refractivity contribution >= 4 is 12.4 Å². The van der Waals surface area contributed by atoms with Crippen molar-refractivity contribution in [2.45, 2.75) is 20.3 Å². The second kappa shape index (κ2) is 5.99. The summed E-state index contributed by atoms with van der Waals surface area (Å²) >= 11 is 0. The third-order valence-corrected chi connectivity index (χ3v) is 1.97. The van der Waals surface area contributed by atoms with Gasteiger partial charge in [-0.25, -0.2) is 0 Å². The van der Waals surface area contributed by atoms with Crippen LogP contribution in [0.15, 0.2) is 12.1 Å². The number of hydrogen-bond donors (Lipinski definition) is 0. The van der Waals surface area contributed by atoms with Crippen molar-refractivity contribution in [2.24, 2.45) is 0 Å². The molecule has 0 amide bonds. The van der Waals surface area contributed by atoms with Gasteiger partial charge in [0.1, 0.15) is 0 Å². The second-order valence-electron chi connectivity index (χ2n) is 3.83. The normalized spacial score (nSPS) is 10.1. The van der Waals surface area contributed by atoms with Crippen LogP contribution in [0.4, 0.5) is 0 Å². The number of likely N-dealkylation sites (N-methyl/N-ethyl adjacent to an activating group) is 1. The molecule has 1 heterocycles. The molecule has 0 saturated carbocycles. The second-order valence-corrected chi connectivity index (χ2v) is 3.83.